The molecule has 0 atom stereocenters. The summed E-state index contributed by atoms with van der Waals surface area (Å²) >= 11 is 0. The predicted molar refractivity (Wildman–Crippen MR) is 130 cm³/mol. The molecule has 0 aromatic heterocycles. The average molecular weight is 505 g/mol. The second-order valence-corrected chi connectivity index (χ2v) is 6.17. The van der Waals surface area contributed by atoms with Crippen LogP contribution in [0.1, 0.15) is 48.0 Å². The summed E-state index contributed by atoms with van der Waals surface area (Å²) in [5, 5.41) is 47.2. The third kappa shape index (κ3) is 72.8. The van der Waals surface area contributed by atoms with E-state index < -0.39 is 35.8 Å². The Morgan fingerprint density at radius 2 is 0.486 bits per heavy atom. The molecule has 0 radical (unpaired) electrons. The Kier molecular flexibility index (Phi) is 34.8. The zero-order valence-electron chi connectivity index (χ0n) is 20.9. The van der Waals surface area contributed by atoms with Crippen LogP contribution in [0.4, 0.5) is 0 Å². The van der Waals surface area contributed by atoms with E-state index >= 15 is 0 Å². The normalized spacial score (nSPS) is 7.49. The Hall–Kier alpha value is -4.48. The molecular formula is C23H36O12. The molecule has 35 heavy (non-hydrogen) atoms. The number of carbonyl (C=O) groups is 6. The van der Waals surface area contributed by atoms with Crippen LogP contribution in [0.15, 0.2) is 60.8 Å². The zero-order valence-corrected chi connectivity index (χ0v) is 20.9. The number of aliphatic carboxylic acids is 6. The highest BCUT2D eigenvalue weighted by atomic mass is 16.4. The van der Waals surface area contributed by atoms with Crippen molar-refractivity contribution in [3.05, 3.63) is 60.8 Å². The van der Waals surface area contributed by atoms with Crippen LogP contribution in [-0.2, 0) is 28.8 Å². The standard InChI is InChI=1S/5C4H6O2.C3H6O2/c5*1-3(2)4(5)6;1-2-3(4)5/h5*1H2,2H3,(H,5,6);2H2,1H3,(H,4,5). The van der Waals surface area contributed by atoms with E-state index in [4.69, 9.17) is 30.6 Å². The maximum absolute atomic E-state index is 9.60. The van der Waals surface area contributed by atoms with Crippen LogP contribution < -0.4 is 0 Å². The van der Waals surface area contributed by atoms with Gasteiger partial charge in [-0.05, 0) is 34.6 Å². The maximum Gasteiger partial charge on any atom is 0.330 e. The van der Waals surface area contributed by atoms with E-state index in [0.717, 1.165) is 0 Å². The molecule has 0 fully saturated rings. The second kappa shape index (κ2) is 27.6. The Labute approximate surface area is 204 Å². The molecule has 0 amide bonds. The molecule has 0 aromatic carbocycles. The minimum atomic E-state index is -0.935. The van der Waals surface area contributed by atoms with Gasteiger partial charge in [-0.25, -0.2) is 24.0 Å². The highest BCUT2D eigenvalue weighted by molar-refractivity contribution is 5.86. The lowest BCUT2D eigenvalue weighted by Gasteiger charge is -1.79. The molecule has 0 heterocycles. The molecule has 0 saturated carbocycles. The Bertz CT molecular complexity index is 602. The minimum Gasteiger partial charge on any atom is -0.481 e. The van der Waals surface area contributed by atoms with Gasteiger partial charge < -0.3 is 30.6 Å². The van der Waals surface area contributed by atoms with Gasteiger partial charge >= 0.3 is 35.8 Å². The first kappa shape index (κ1) is 44.2. The molecule has 0 aliphatic carbocycles. The summed E-state index contributed by atoms with van der Waals surface area (Å²) in [6.45, 7) is 24.6. The smallest absolute Gasteiger partial charge is 0.330 e. The quantitative estimate of drug-likeness (QED) is 0.285. The lowest BCUT2D eigenvalue weighted by Crippen LogP contribution is -1.92. The number of carboxylic acid groups (broad SMARTS) is 6. The lowest BCUT2D eigenvalue weighted by molar-refractivity contribution is -0.137. The highest BCUT2D eigenvalue weighted by Gasteiger charge is 1.92. The van der Waals surface area contributed by atoms with E-state index in [0.29, 0.717) is 0 Å². The number of carboxylic acids is 6. The van der Waals surface area contributed by atoms with Crippen molar-refractivity contribution in [3.8, 4) is 0 Å². The summed E-state index contributed by atoms with van der Waals surface area (Å²) in [5.74, 6) is -5.42. The monoisotopic (exact) mass is 504 g/mol. The molecule has 0 saturated heterocycles. The predicted octanol–water partition coefficient (Wildman–Crippen LogP) is 3.72. The van der Waals surface area contributed by atoms with Crippen LogP contribution in [-0.4, -0.2) is 66.5 Å². The van der Waals surface area contributed by atoms with Gasteiger partial charge in [-0.15, -0.1) is 0 Å². The van der Waals surface area contributed by atoms with Crippen molar-refractivity contribution in [2.45, 2.75) is 48.0 Å². The third-order valence-corrected chi connectivity index (χ3v) is 2.13. The zero-order chi connectivity index (χ0) is 30.1. The van der Waals surface area contributed by atoms with Crippen molar-refractivity contribution in [1.29, 1.82) is 0 Å². The van der Waals surface area contributed by atoms with Crippen LogP contribution in [0.2, 0.25) is 0 Å². The topological polar surface area (TPSA) is 224 Å². The van der Waals surface area contributed by atoms with Gasteiger partial charge in [-0.3, -0.25) is 4.79 Å². The van der Waals surface area contributed by atoms with E-state index in [9.17, 15) is 28.8 Å². The van der Waals surface area contributed by atoms with Crippen LogP contribution in [0.25, 0.3) is 0 Å². The molecule has 12 heteroatoms. The molecule has 0 spiro atoms. The minimum absolute atomic E-state index is 0.176. The fourth-order valence-electron chi connectivity index (χ4n) is 0. The fourth-order valence-corrected chi connectivity index (χ4v) is 0. The van der Waals surface area contributed by atoms with Gasteiger partial charge in [0.1, 0.15) is 0 Å². The van der Waals surface area contributed by atoms with E-state index in [1.54, 1.807) is 6.92 Å². The van der Waals surface area contributed by atoms with Gasteiger partial charge in [0.15, 0.2) is 0 Å². The summed E-state index contributed by atoms with van der Waals surface area (Å²) in [7, 11) is 0. The van der Waals surface area contributed by atoms with Crippen molar-refractivity contribution >= 4 is 35.8 Å². The van der Waals surface area contributed by atoms with Gasteiger partial charge in [-0.1, -0.05) is 39.8 Å². The van der Waals surface area contributed by atoms with Crippen molar-refractivity contribution in [2.24, 2.45) is 0 Å². The molecule has 0 bridgehead atoms. The van der Waals surface area contributed by atoms with E-state index in [2.05, 4.69) is 32.9 Å². The van der Waals surface area contributed by atoms with Crippen molar-refractivity contribution in [1.82, 2.24) is 0 Å². The SMILES string of the molecule is C=C(C)C(=O)O.C=C(C)C(=O)O.C=C(C)C(=O)O.C=C(C)C(=O)O.C=C(C)C(=O)O.CCC(=O)O. The van der Waals surface area contributed by atoms with Gasteiger partial charge in [0.05, 0.1) is 0 Å². The second-order valence-electron chi connectivity index (χ2n) is 6.17. The van der Waals surface area contributed by atoms with Gasteiger partial charge in [0, 0.05) is 34.3 Å². The Balaban J connectivity index is -0.0000000722. The lowest BCUT2D eigenvalue weighted by atomic mass is 10.4. The molecular weight excluding hydrogens is 468 g/mol. The molecule has 0 rings (SSSR count). The molecule has 12 nitrogen and oxygen atoms in total. The van der Waals surface area contributed by atoms with Crippen molar-refractivity contribution in [3.63, 3.8) is 0 Å². The van der Waals surface area contributed by atoms with E-state index in [1.807, 2.05) is 0 Å². The molecule has 0 unspecified atom stereocenters. The first-order valence-electron chi connectivity index (χ1n) is 9.14. The molecule has 0 aliphatic rings. The maximum atomic E-state index is 9.60. The van der Waals surface area contributed by atoms with E-state index in [1.165, 1.54) is 34.6 Å². The summed E-state index contributed by atoms with van der Waals surface area (Å²) in [5.41, 5.74) is 0.880. The first-order chi connectivity index (χ1) is 15.5. The third-order valence-electron chi connectivity index (χ3n) is 2.13. The summed E-state index contributed by atoms with van der Waals surface area (Å²) in [6.07, 6.45) is 0.222. The largest absolute Gasteiger partial charge is 0.481 e. The summed E-state index contributed by atoms with van der Waals surface area (Å²) < 4.78 is 0. The van der Waals surface area contributed by atoms with Crippen LogP contribution in [0, 0.1) is 0 Å². The summed E-state index contributed by atoms with van der Waals surface area (Å²) in [4.78, 5) is 57.4. The van der Waals surface area contributed by atoms with Crippen molar-refractivity contribution in [2.75, 3.05) is 0 Å². The van der Waals surface area contributed by atoms with Crippen LogP contribution >= 0.6 is 0 Å². The fraction of sp³-hybridized carbons (Fsp3) is 0.304. The number of rotatable bonds is 6. The Morgan fingerprint density at radius 1 is 0.429 bits per heavy atom. The number of hydrogen-bond donors (Lipinski definition) is 6. The molecule has 0 aliphatic heterocycles. The molecule has 200 valence electrons. The molecule has 0 aromatic rings. The Morgan fingerprint density at radius 3 is 0.486 bits per heavy atom. The van der Waals surface area contributed by atoms with Gasteiger partial charge in [-0.2, -0.15) is 0 Å². The number of hydrogen-bond acceptors (Lipinski definition) is 6. The summed E-state index contributed by atoms with van der Waals surface area (Å²) in [6, 6.07) is 0. The van der Waals surface area contributed by atoms with E-state index in [-0.39, 0.29) is 34.3 Å². The van der Waals surface area contributed by atoms with Gasteiger partial charge in [0.2, 0.25) is 0 Å². The van der Waals surface area contributed by atoms with Gasteiger partial charge in [0.25, 0.3) is 0 Å². The van der Waals surface area contributed by atoms with Crippen molar-refractivity contribution < 1.29 is 59.4 Å². The van der Waals surface area contributed by atoms with Crippen LogP contribution in [0.3, 0.4) is 0 Å². The molecule has 6 N–H and O–H groups in total. The highest BCUT2D eigenvalue weighted by Crippen LogP contribution is 1.83. The van der Waals surface area contributed by atoms with Crippen LogP contribution in [0.5, 0.6) is 0 Å². The average Bonchev–Trinajstić information content (AvgIpc) is 2.69. The first-order valence-corrected chi connectivity index (χ1v) is 9.14.